The monoisotopic (exact) mass is 630 g/mol. The first-order valence-corrected chi connectivity index (χ1v) is 14.2. The molecule has 0 radical (unpaired) electrons. The van der Waals surface area contributed by atoms with Gasteiger partial charge in [0.1, 0.15) is 0 Å². The van der Waals surface area contributed by atoms with Gasteiger partial charge < -0.3 is 15.0 Å². The lowest BCUT2D eigenvalue weighted by Gasteiger charge is -2.46. The number of benzene rings is 4. The molecule has 38 heavy (non-hydrogen) atoms. The number of esters is 1. The normalized spacial score (nSPS) is 17.3. The molecule has 2 atom stereocenters. The first-order chi connectivity index (χ1) is 18.5. The van der Waals surface area contributed by atoms with Crippen molar-refractivity contribution >= 4 is 49.2 Å². The molecule has 192 valence electrons. The lowest BCUT2D eigenvalue weighted by atomic mass is 9.84. The fourth-order valence-corrected chi connectivity index (χ4v) is 5.54. The summed E-state index contributed by atoms with van der Waals surface area (Å²) < 4.78 is 7.69. The highest BCUT2D eigenvalue weighted by Gasteiger charge is 2.41. The summed E-state index contributed by atoms with van der Waals surface area (Å²) in [5.41, 5.74) is 5.63. The molecule has 0 saturated heterocycles. The summed E-state index contributed by atoms with van der Waals surface area (Å²) >= 11 is 7.10. The van der Waals surface area contributed by atoms with E-state index in [1.165, 1.54) is 5.56 Å². The van der Waals surface area contributed by atoms with Gasteiger partial charge in [0.15, 0.2) is 0 Å². The number of hydrogen-bond acceptors (Lipinski definition) is 4. The quantitative estimate of drug-likeness (QED) is 0.207. The van der Waals surface area contributed by atoms with Crippen molar-refractivity contribution in [3.05, 3.63) is 141 Å². The molecule has 1 aliphatic heterocycles. The third-order valence-electron chi connectivity index (χ3n) is 6.67. The number of carbonyl (C=O) groups is 1. The molecule has 4 aromatic rings. The Bertz CT molecular complexity index is 1410. The first-order valence-electron chi connectivity index (χ1n) is 12.6. The second kappa shape index (κ2) is 12.0. The molecule has 0 fully saturated rings. The zero-order chi connectivity index (χ0) is 26.5. The SMILES string of the molecule is CCOC(=O)C1=C(Nc2ccc(Br)cc2)C[C@@H](c2ccccc2)N(c2ccc(Br)cc2)[C@@H]1c1ccccc1. The molecule has 1 aliphatic rings. The third-order valence-corrected chi connectivity index (χ3v) is 7.73. The van der Waals surface area contributed by atoms with Crippen LogP contribution in [-0.2, 0) is 9.53 Å². The van der Waals surface area contributed by atoms with Crippen molar-refractivity contribution in [3.63, 3.8) is 0 Å². The van der Waals surface area contributed by atoms with Crippen LogP contribution in [-0.4, -0.2) is 12.6 Å². The van der Waals surface area contributed by atoms with Crippen LogP contribution < -0.4 is 10.2 Å². The van der Waals surface area contributed by atoms with Crippen LogP contribution in [0.5, 0.6) is 0 Å². The minimum Gasteiger partial charge on any atom is -0.463 e. The Balaban J connectivity index is 1.76. The molecule has 0 bridgehead atoms. The molecule has 4 aromatic carbocycles. The van der Waals surface area contributed by atoms with Crippen LogP contribution in [0, 0.1) is 0 Å². The average Bonchev–Trinajstić information content (AvgIpc) is 2.95. The maximum absolute atomic E-state index is 13.7. The minimum absolute atomic E-state index is 0.0290. The van der Waals surface area contributed by atoms with Gasteiger partial charge >= 0.3 is 5.97 Å². The van der Waals surface area contributed by atoms with Crippen molar-refractivity contribution in [1.82, 2.24) is 0 Å². The highest BCUT2D eigenvalue weighted by molar-refractivity contribution is 9.10. The molecule has 5 rings (SSSR count). The van der Waals surface area contributed by atoms with Crippen LogP contribution >= 0.6 is 31.9 Å². The summed E-state index contributed by atoms with van der Waals surface area (Å²) in [6.07, 6.45) is 0.605. The predicted molar refractivity (Wildman–Crippen MR) is 161 cm³/mol. The van der Waals surface area contributed by atoms with E-state index in [2.05, 4.69) is 90.6 Å². The van der Waals surface area contributed by atoms with Crippen molar-refractivity contribution in [3.8, 4) is 0 Å². The number of anilines is 2. The Kier molecular flexibility index (Phi) is 8.30. The molecule has 0 aromatic heterocycles. The highest BCUT2D eigenvalue weighted by atomic mass is 79.9. The third kappa shape index (κ3) is 5.71. The van der Waals surface area contributed by atoms with Gasteiger partial charge in [-0.2, -0.15) is 0 Å². The molecule has 0 saturated carbocycles. The van der Waals surface area contributed by atoms with Crippen molar-refractivity contribution < 1.29 is 9.53 Å². The summed E-state index contributed by atoms with van der Waals surface area (Å²) in [6, 6.07) is 36.6. The van der Waals surface area contributed by atoms with Gasteiger partial charge in [0.05, 0.1) is 24.3 Å². The van der Waals surface area contributed by atoms with Crippen molar-refractivity contribution in [2.24, 2.45) is 0 Å². The number of ether oxygens (including phenoxy) is 1. The van der Waals surface area contributed by atoms with Gasteiger partial charge in [-0.25, -0.2) is 4.79 Å². The molecule has 0 aliphatic carbocycles. The second-order valence-corrected chi connectivity index (χ2v) is 10.9. The van der Waals surface area contributed by atoms with E-state index < -0.39 is 0 Å². The van der Waals surface area contributed by atoms with E-state index in [0.717, 1.165) is 31.6 Å². The van der Waals surface area contributed by atoms with Crippen LogP contribution in [0.1, 0.15) is 36.6 Å². The molecule has 0 amide bonds. The average molecular weight is 632 g/mol. The van der Waals surface area contributed by atoms with Crippen molar-refractivity contribution in [1.29, 1.82) is 0 Å². The summed E-state index contributed by atoms with van der Waals surface area (Å²) in [7, 11) is 0. The van der Waals surface area contributed by atoms with Crippen LogP contribution in [0.2, 0.25) is 0 Å². The van der Waals surface area contributed by atoms with Crippen LogP contribution in [0.25, 0.3) is 0 Å². The number of nitrogens with zero attached hydrogens (tertiary/aromatic N) is 1. The number of carbonyl (C=O) groups excluding carboxylic acids is 1. The standard InChI is InChI=1S/C32H28Br2N2O2/c1-2-38-32(37)30-28(35-26-17-13-24(33)14-18-26)21-29(22-9-5-3-6-10-22)36(27-19-15-25(34)16-20-27)31(30)23-11-7-4-8-12-23/h3-20,29,31,35H,2,21H2,1H3/t29-,31+/m0/s1. The molecule has 0 unspecified atom stereocenters. The van der Waals surface area contributed by atoms with E-state index in [1.807, 2.05) is 67.6 Å². The Hall–Kier alpha value is -3.35. The van der Waals surface area contributed by atoms with Crippen LogP contribution in [0.3, 0.4) is 0 Å². The maximum Gasteiger partial charge on any atom is 0.338 e. The largest absolute Gasteiger partial charge is 0.463 e. The fraction of sp³-hybridized carbons (Fsp3) is 0.156. The number of nitrogens with one attached hydrogen (secondary N) is 1. The van der Waals surface area contributed by atoms with Gasteiger partial charge in [-0.05, 0) is 66.6 Å². The molecular weight excluding hydrogens is 604 g/mol. The number of rotatable bonds is 7. The number of halogens is 2. The smallest absolute Gasteiger partial charge is 0.338 e. The molecule has 6 heteroatoms. The molecule has 1 heterocycles. The Morgan fingerprint density at radius 1 is 0.816 bits per heavy atom. The Morgan fingerprint density at radius 3 is 1.95 bits per heavy atom. The van der Waals surface area contributed by atoms with Gasteiger partial charge in [-0.1, -0.05) is 92.5 Å². The molecule has 1 N–H and O–H groups in total. The lowest BCUT2D eigenvalue weighted by molar-refractivity contribution is -0.139. The fourth-order valence-electron chi connectivity index (χ4n) is 5.01. The summed E-state index contributed by atoms with van der Waals surface area (Å²) in [4.78, 5) is 16.1. The lowest BCUT2D eigenvalue weighted by Crippen LogP contribution is -2.41. The van der Waals surface area contributed by atoms with Crippen molar-refractivity contribution in [2.45, 2.75) is 25.4 Å². The summed E-state index contributed by atoms with van der Waals surface area (Å²) in [6.45, 7) is 2.15. The maximum atomic E-state index is 13.7. The molecule has 4 nitrogen and oxygen atoms in total. The van der Waals surface area contributed by atoms with Gasteiger partial charge in [-0.15, -0.1) is 0 Å². The van der Waals surface area contributed by atoms with E-state index in [-0.39, 0.29) is 18.1 Å². The van der Waals surface area contributed by atoms with Gasteiger partial charge in [0, 0.05) is 32.4 Å². The van der Waals surface area contributed by atoms with E-state index in [9.17, 15) is 4.79 Å². The second-order valence-electron chi connectivity index (χ2n) is 9.07. The van der Waals surface area contributed by atoms with Gasteiger partial charge in [-0.3, -0.25) is 0 Å². The van der Waals surface area contributed by atoms with E-state index >= 15 is 0 Å². The van der Waals surface area contributed by atoms with E-state index in [4.69, 9.17) is 4.74 Å². The van der Waals surface area contributed by atoms with E-state index in [0.29, 0.717) is 18.6 Å². The minimum atomic E-state index is -0.367. The Labute approximate surface area is 240 Å². The van der Waals surface area contributed by atoms with Crippen molar-refractivity contribution in [2.75, 3.05) is 16.8 Å². The molecular formula is C32H28Br2N2O2. The first kappa shape index (κ1) is 26.3. The summed E-state index contributed by atoms with van der Waals surface area (Å²) in [5.74, 6) is -0.311. The van der Waals surface area contributed by atoms with Crippen LogP contribution in [0.15, 0.2) is 129 Å². The zero-order valence-corrected chi connectivity index (χ0v) is 24.2. The van der Waals surface area contributed by atoms with Gasteiger partial charge in [0.2, 0.25) is 0 Å². The highest BCUT2D eigenvalue weighted by Crippen LogP contribution is 2.48. The number of hydrogen-bond donors (Lipinski definition) is 1. The molecule has 0 spiro atoms. The van der Waals surface area contributed by atoms with Gasteiger partial charge in [0.25, 0.3) is 0 Å². The predicted octanol–water partition coefficient (Wildman–Crippen LogP) is 8.83. The topological polar surface area (TPSA) is 41.6 Å². The summed E-state index contributed by atoms with van der Waals surface area (Å²) in [5, 5.41) is 3.60. The zero-order valence-electron chi connectivity index (χ0n) is 21.0. The van der Waals surface area contributed by atoms with E-state index in [1.54, 1.807) is 0 Å². The Morgan fingerprint density at radius 2 is 1.37 bits per heavy atom. The van der Waals surface area contributed by atoms with Crippen LogP contribution in [0.4, 0.5) is 11.4 Å².